The quantitative estimate of drug-likeness (QED) is 0.794. The number of anilines is 1. The number of nitrogens with two attached hydrogens (primary N) is 1. The number of amides is 2. The Morgan fingerprint density at radius 3 is 2.74 bits per heavy atom. The van der Waals surface area contributed by atoms with Gasteiger partial charge in [-0.2, -0.15) is 0 Å². The van der Waals surface area contributed by atoms with E-state index in [0.717, 1.165) is 19.4 Å². The van der Waals surface area contributed by atoms with E-state index < -0.39 is 0 Å². The number of rotatable bonds is 7. The highest BCUT2D eigenvalue weighted by Gasteiger charge is 2.13. The predicted octanol–water partition coefficient (Wildman–Crippen LogP) is 2.29. The van der Waals surface area contributed by atoms with Crippen LogP contribution in [0.5, 0.6) is 5.75 Å². The van der Waals surface area contributed by atoms with Gasteiger partial charge in [-0.1, -0.05) is 19.1 Å². The maximum atomic E-state index is 12.2. The first-order valence-electron chi connectivity index (χ1n) is 6.62. The van der Waals surface area contributed by atoms with Gasteiger partial charge in [0.05, 0.1) is 12.8 Å². The Balaban J connectivity index is 2.69. The third-order valence-electron chi connectivity index (χ3n) is 2.76. The summed E-state index contributed by atoms with van der Waals surface area (Å²) >= 11 is 0. The fourth-order valence-corrected chi connectivity index (χ4v) is 1.81. The second-order valence-electron chi connectivity index (χ2n) is 4.26. The van der Waals surface area contributed by atoms with Crippen LogP contribution in [-0.2, 0) is 0 Å². The minimum absolute atomic E-state index is 0.111. The lowest BCUT2D eigenvalue weighted by Gasteiger charge is -2.22. The summed E-state index contributed by atoms with van der Waals surface area (Å²) in [6.07, 6.45) is 1.73. The molecule has 0 aromatic heterocycles. The lowest BCUT2D eigenvalue weighted by Crippen LogP contribution is -2.37. The number of hydrogen-bond acceptors (Lipinski definition) is 3. The zero-order valence-electron chi connectivity index (χ0n) is 11.7. The number of benzene rings is 1. The topological polar surface area (TPSA) is 67.6 Å². The van der Waals surface area contributed by atoms with Gasteiger partial charge in [0, 0.05) is 13.1 Å². The van der Waals surface area contributed by atoms with Crippen LogP contribution < -0.4 is 15.8 Å². The molecule has 0 saturated carbocycles. The second-order valence-corrected chi connectivity index (χ2v) is 4.26. The Morgan fingerprint density at radius 2 is 2.11 bits per heavy atom. The van der Waals surface area contributed by atoms with Crippen LogP contribution in [-0.4, -0.2) is 37.7 Å². The molecular weight excluding hydrogens is 242 g/mol. The molecule has 1 aromatic rings. The average molecular weight is 265 g/mol. The van der Waals surface area contributed by atoms with Crippen molar-refractivity contribution in [1.29, 1.82) is 0 Å². The van der Waals surface area contributed by atoms with Gasteiger partial charge in [0.1, 0.15) is 5.75 Å². The highest BCUT2D eigenvalue weighted by Crippen LogP contribution is 2.23. The first kappa shape index (κ1) is 15.3. The minimum atomic E-state index is -0.111. The number of nitrogens with zero attached hydrogens (tertiary/aromatic N) is 1. The summed E-state index contributed by atoms with van der Waals surface area (Å²) < 4.78 is 5.21. The van der Waals surface area contributed by atoms with Crippen LogP contribution in [0.4, 0.5) is 10.5 Å². The van der Waals surface area contributed by atoms with E-state index in [9.17, 15) is 4.79 Å². The molecule has 0 unspecified atom stereocenters. The zero-order valence-corrected chi connectivity index (χ0v) is 11.7. The van der Waals surface area contributed by atoms with Crippen molar-refractivity contribution in [2.45, 2.75) is 19.8 Å². The maximum absolute atomic E-state index is 12.2. The Morgan fingerprint density at radius 1 is 1.37 bits per heavy atom. The molecule has 0 spiro atoms. The molecule has 0 saturated heterocycles. The number of para-hydroxylation sites is 2. The summed E-state index contributed by atoms with van der Waals surface area (Å²) in [5.74, 6) is 0.658. The molecule has 106 valence electrons. The summed E-state index contributed by atoms with van der Waals surface area (Å²) in [6.45, 7) is 4.03. The van der Waals surface area contributed by atoms with Crippen LogP contribution in [0.3, 0.4) is 0 Å². The van der Waals surface area contributed by atoms with E-state index in [2.05, 4.69) is 5.32 Å². The molecule has 1 aromatic carbocycles. The molecule has 0 aliphatic heterocycles. The average Bonchev–Trinajstić information content (AvgIpc) is 2.44. The molecule has 0 heterocycles. The number of ether oxygens (including phenoxy) is 1. The van der Waals surface area contributed by atoms with Crippen LogP contribution in [0.25, 0.3) is 0 Å². The highest BCUT2D eigenvalue weighted by atomic mass is 16.5. The van der Waals surface area contributed by atoms with E-state index in [1.54, 1.807) is 12.0 Å². The van der Waals surface area contributed by atoms with Crippen LogP contribution in [0.15, 0.2) is 24.3 Å². The fraction of sp³-hybridized carbons (Fsp3) is 0.500. The molecule has 5 nitrogen and oxygen atoms in total. The largest absolute Gasteiger partial charge is 0.495 e. The van der Waals surface area contributed by atoms with Gasteiger partial charge in [-0.25, -0.2) is 4.79 Å². The van der Waals surface area contributed by atoms with E-state index in [1.165, 1.54) is 0 Å². The number of carbonyl (C=O) groups is 1. The third-order valence-corrected chi connectivity index (χ3v) is 2.76. The Labute approximate surface area is 114 Å². The lowest BCUT2D eigenvalue weighted by atomic mass is 10.3. The molecule has 0 bridgehead atoms. The molecule has 3 N–H and O–H groups in total. The van der Waals surface area contributed by atoms with Crippen molar-refractivity contribution >= 4 is 11.7 Å². The molecule has 0 atom stereocenters. The Bertz CT molecular complexity index is 396. The number of urea groups is 1. The number of carbonyl (C=O) groups excluding carboxylic acids is 1. The highest BCUT2D eigenvalue weighted by molar-refractivity contribution is 5.90. The van der Waals surface area contributed by atoms with Crippen molar-refractivity contribution in [1.82, 2.24) is 4.90 Å². The van der Waals surface area contributed by atoms with E-state index in [1.807, 2.05) is 31.2 Å². The van der Waals surface area contributed by atoms with Gasteiger partial charge >= 0.3 is 6.03 Å². The summed E-state index contributed by atoms with van der Waals surface area (Å²) in [5.41, 5.74) is 6.18. The molecule has 0 radical (unpaired) electrons. The first-order valence-corrected chi connectivity index (χ1v) is 6.62. The normalized spacial score (nSPS) is 10.1. The van der Waals surface area contributed by atoms with Gasteiger partial charge in [-0.3, -0.25) is 0 Å². The fourth-order valence-electron chi connectivity index (χ4n) is 1.81. The Kier molecular flexibility index (Phi) is 6.74. The summed E-state index contributed by atoms with van der Waals surface area (Å²) in [7, 11) is 1.59. The van der Waals surface area contributed by atoms with Gasteiger partial charge in [0.2, 0.25) is 0 Å². The lowest BCUT2D eigenvalue weighted by molar-refractivity contribution is 0.211. The van der Waals surface area contributed by atoms with Crippen LogP contribution in [0.1, 0.15) is 19.8 Å². The minimum Gasteiger partial charge on any atom is -0.495 e. The van der Waals surface area contributed by atoms with Crippen LogP contribution >= 0.6 is 0 Å². The van der Waals surface area contributed by atoms with Crippen molar-refractivity contribution in [2.24, 2.45) is 5.73 Å². The molecule has 0 fully saturated rings. The van der Waals surface area contributed by atoms with Gasteiger partial charge in [-0.05, 0) is 31.5 Å². The van der Waals surface area contributed by atoms with Gasteiger partial charge in [-0.15, -0.1) is 0 Å². The first-order chi connectivity index (χ1) is 9.22. The summed E-state index contributed by atoms with van der Waals surface area (Å²) in [5, 5.41) is 2.88. The molecule has 1 rings (SSSR count). The van der Waals surface area contributed by atoms with E-state index >= 15 is 0 Å². The van der Waals surface area contributed by atoms with Crippen molar-refractivity contribution < 1.29 is 9.53 Å². The van der Waals surface area contributed by atoms with E-state index in [4.69, 9.17) is 10.5 Å². The maximum Gasteiger partial charge on any atom is 0.321 e. The monoisotopic (exact) mass is 265 g/mol. The predicted molar refractivity (Wildman–Crippen MR) is 77.5 cm³/mol. The standard InChI is InChI=1S/C14H23N3O2/c1-3-10-17(11-6-9-15)14(18)16-12-7-4-5-8-13(12)19-2/h4-5,7-8H,3,6,9-11,15H2,1-2H3,(H,16,18). The van der Waals surface area contributed by atoms with Crippen molar-refractivity contribution in [3.05, 3.63) is 24.3 Å². The summed E-state index contributed by atoms with van der Waals surface area (Å²) in [4.78, 5) is 14.0. The number of nitrogens with one attached hydrogen (secondary N) is 1. The molecular formula is C14H23N3O2. The van der Waals surface area contributed by atoms with Crippen LogP contribution in [0.2, 0.25) is 0 Å². The molecule has 2 amide bonds. The van der Waals surface area contributed by atoms with Crippen LogP contribution in [0, 0.1) is 0 Å². The SMILES string of the molecule is CCCN(CCCN)C(=O)Nc1ccccc1OC. The smallest absolute Gasteiger partial charge is 0.321 e. The molecule has 5 heteroatoms. The Hall–Kier alpha value is -1.75. The number of hydrogen-bond donors (Lipinski definition) is 2. The second kappa shape index (κ2) is 8.37. The van der Waals surface area contributed by atoms with Gasteiger partial charge < -0.3 is 20.7 Å². The zero-order chi connectivity index (χ0) is 14.1. The summed E-state index contributed by atoms with van der Waals surface area (Å²) in [6, 6.07) is 7.26. The van der Waals surface area contributed by atoms with Crippen molar-refractivity contribution in [3.63, 3.8) is 0 Å². The molecule has 19 heavy (non-hydrogen) atoms. The van der Waals surface area contributed by atoms with Crippen molar-refractivity contribution in [3.8, 4) is 5.75 Å². The van der Waals surface area contributed by atoms with E-state index in [-0.39, 0.29) is 6.03 Å². The van der Waals surface area contributed by atoms with Crippen molar-refractivity contribution in [2.75, 3.05) is 32.1 Å². The molecule has 0 aliphatic rings. The third kappa shape index (κ3) is 4.79. The number of methoxy groups -OCH3 is 1. The van der Waals surface area contributed by atoms with E-state index in [0.29, 0.717) is 24.5 Å². The van der Waals surface area contributed by atoms with Gasteiger partial charge in [0.25, 0.3) is 0 Å². The van der Waals surface area contributed by atoms with Gasteiger partial charge in [0.15, 0.2) is 0 Å². The molecule has 0 aliphatic carbocycles.